The molecular formula is C17H19N3O3S. The highest BCUT2D eigenvalue weighted by Crippen LogP contribution is 2.32. The van der Waals surface area contributed by atoms with E-state index in [1.54, 1.807) is 13.0 Å². The number of nitro groups is 1. The minimum atomic E-state index is -0.470. The molecule has 7 heteroatoms. The maximum absolute atomic E-state index is 11.0. The topological polar surface area (TPSA) is 76.4 Å². The lowest BCUT2D eigenvalue weighted by molar-refractivity contribution is -0.385. The predicted octanol–water partition coefficient (Wildman–Crippen LogP) is 4.34. The standard InChI is InChI=1S/C17H19N3O3S/c1-10-5-6-11(2)13(7-10)18-17(24)19-14-9-16(23-4)15(20(21)22)8-12(14)3/h5-9H,1-4H3,(H2,18,19,24). The van der Waals surface area contributed by atoms with Gasteiger partial charge in [0.2, 0.25) is 0 Å². The number of hydrogen-bond acceptors (Lipinski definition) is 4. The smallest absolute Gasteiger partial charge is 0.311 e. The first-order valence-electron chi connectivity index (χ1n) is 7.30. The van der Waals surface area contributed by atoms with Crippen molar-refractivity contribution >= 4 is 34.4 Å². The Bertz CT molecular complexity index is 806. The minimum Gasteiger partial charge on any atom is -0.490 e. The van der Waals surface area contributed by atoms with Crippen LogP contribution in [0.5, 0.6) is 5.75 Å². The summed E-state index contributed by atoms with van der Waals surface area (Å²) in [6.07, 6.45) is 0. The third-order valence-electron chi connectivity index (χ3n) is 3.61. The lowest BCUT2D eigenvalue weighted by atomic mass is 10.1. The summed E-state index contributed by atoms with van der Waals surface area (Å²) in [4.78, 5) is 10.6. The zero-order chi connectivity index (χ0) is 17.9. The van der Waals surface area contributed by atoms with Crippen LogP contribution in [0.2, 0.25) is 0 Å². The van der Waals surface area contributed by atoms with E-state index in [-0.39, 0.29) is 11.4 Å². The fraction of sp³-hybridized carbons (Fsp3) is 0.235. The van der Waals surface area contributed by atoms with E-state index >= 15 is 0 Å². The highest BCUT2D eigenvalue weighted by molar-refractivity contribution is 7.80. The molecule has 0 radical (unpaired) electrons. The van der Waals surface area contributed by atoms with Gasteiger partial charge in [-0.2, -0.15) is 0 Å². The van der Waals surface area contributed by atoms with Gasteiger partial charge in [0.05, 0.1) is 12.0 Å². The van der Waals surface area contributed by atoms with Crippen molar-refractivity contribution in [3.05, 3.63) is 57.1 Å². The van der Waals surface area contributed by atoms with Crippen molar-refractivity contribution in [1.82, 2.24) is 0 Å². The van der Waals surface area contributed by atoms with Crippen LogP contribution in [-0.2, 0) is 0 Å². The Balaban J connectivity index is 2.22. The van der Waals surface area contributed by atoms with Crippen LogP contribution in [0.1, 0.15) is 16.7 Å². The van der Waals surface area contributed by atoms with E-state index in [4.69, 9.17) is 17.0 Å². The molecule has 0 saturated carbocycles. The van der Waals surface area contributed by atoms with Crippen LogP contribution in [0.15, 0.2) is 30.3 Å². The fourth-order valence-corrected chi connectivity index (χ4v) is 2.48. The molecule has 0 unspecified atom stereocenters. The number of ether oxygens (including phenoxy) is 1. The highest BCUT2D eigenvalue weighted by atomic mass is 32.1. The van der Waals surface area contributed by atoms with Crippen LogP contribution in [0.3, 0.4) is 0 Å². The third kappa shape index (κ3) is 3.99. The molecule has 0 aliphatic carbocycles. The molecular weight excluding hydrogens is 326 g/mol. The maximum atomic E-state index is 11.0. The fourth-order valence-electron chi connectivity index (χ4n) is 2.26. The summed E-state index contributed by atoms with van der Waals surface area (Å²) in [7, 11) is 1.40. The van der Waals surface area contributed by atoms with Crippen LogP contribution < -0.4 is 15.4 Å². The summed E-state index contributed by atoms with van der Waals surface area (Å²) in [5.74, 6) is 0.183. The molecule has 2 aromatic rings. The van der Waals surface area contributed by atoms with Gasteiger partial charge in [-0.05, 0) is 55.7 Å². The molecule has 0 aliphatic rings. The van der Waals surface area contributed by atoms with Gasteiger partial charge < -0.3 is 15.4 Å². The van der Waals surface area contributed by atoms with Crippen molar-refractivity contribution in [3.8, 4) is 5.75 Å². The van der Waals surface area contributed by atoms with Crippen LogP contribution in [0.4, 0.5) is 17.1 Å². The normalized spacial score (nSPS) is 10.2. The lowest BCUT2D eigenvalue weighted by Gasteiger charge is -2.15. The summed E-state index contributed by atoms with van der Waals surface area (Å²) in [5.41, 5.74) is 4.39. The first kappa shape index (κ1) is 17.7. The monoisotopic (exact) mass is 345 g/mol. The van der Waals surface area contributed by atoms with Gasteiger partial charge in [0.15, 0.2) is 10.9 Å². The summed E-state index contributed by atoms with van der Waals surface area (Å²) in [6, 6.07) is 9.08. The first-order valence-corrected chi connectivity index (χ1v) is 7.71. The van der Waals surface area contributed by atoms with Crippen molar-refractivity contribution in [2.45, 2.75) is 20.8 Å². The van der Waals surface area contributed by atoms with Crippen molar-refractivity contribution in [3.63, 3.8) is 0 Å². The summed E-state index contributed by atoms with van der Waals surface area (Å²) < 4.78 is 5.09. The Kier molecular flexibility index (Phi) is 5.35. The minimum absolute atomic E-state index is 0.0750. The van der Waals surface area contributed by atoms with E-state index in [2.05, 4.69) is 10.6 Å². The number of nitrogens with zero attached hydrogens (tertiary/aromatic N) is 1. The van der Waals surface area contributed by atoms with Crippen molar-refractivity contribution < 1.29 is 9.66 Å². The van der Waals surface area contributed by atoms with E-state index in [0.717, 1.165) is 16.8 Å². The average molecular weight is 345 g/mol. The molecule has 24 heavy (non-hydrogen) atoms. The number of methoxy groups -OCH3 is 1. The van der Waals surface area contributed by atoms with Gasteiger partial charge >= 0.3 is 5.69 Å². The molecule has 6 nitrogen and oxygen atoms in total. The van der Waals surface area contributed by atoms with Gasteiger partial charge in [0.1, 0.15) is 0 Å². The van der Waals surface area contributed by atoms with Crippen LogP contribution in [0.25, 0.3) is 0 Å². The second-order valence-electron chi connectivity index (χ2n) is 5.49. The Morgan fingerprint density at radius 2 is 1.71 bits per heavy atom. The SMILES string of the molecule is COc1cc(NC(=S)Nc2cc(C)ccc2C)c(C)cc1[N+](=O)[O-]. The van der Waals surface area contributed by atoms with E-state index in [1.165, 1.54) is 13.2 Å². The Labute approximate surface area is 146 Å². The number of nitro benzene ring substituents is 1. The molecule has 0 aliphatic heterocycles. The number of rotatable bonds is 4. The van der Waals surface area contributed by atoms with Crippen molar-refractivity contribution in [1.29, 1.82) is 0 Å². The number of aryl methyl sites for hydroxylation is 3. The third-order valence-corrected chi connectivity index (χ3v) is 3.82. The molecule has 0 aromatic heterocycles. The lowest BCUT2D eigenvalue weighted by Crippen LogP contribution is -2.20. The molecule has 0 spiro atoms. The molecule has 0 amide bonds. The second kappa shape index (κ2) is 7.27. The van der Waals surface area contributed by atoms with Crippen LogP contribution in [-0.4, -0.2) is 17.1 Å². The largest absolute Gasteiger partial charge is 0.490 e. The highest BCUT2D eigenvalue weighted by Gasteiger charge is 2.17. The molecule has 0 bridgehead atoms. The van der Waals surface area contributed by atoms with Gasteiger partial charge in [0.25, 0.3) is 0 Å². The van der Waals surface area contributed by atoms with E-state index < -0.39 is 4.92 Å². The van der Waals surface area contributed by atoms with Crippen LogP contribution in [0, 0.1) is 30.9 Å². The van der Waals surface area contributed by atoms with Gasteiger partial charge in [0, 0.05) is 23.5 Å². The zero-order valence-corrected chi connectivity index (χ0v) is 14.8. The quantitative estimate of drug-likeness (QED) is 0.488. The Hall–Kier alpha value is -2.67. The molecule has 2 aromatic carbocycles. The molecule has 0 saturated heterocycles. The molecule has 2 N–H and O–H groups in total. The van der Waals surface area contributed by atoms with Crippen molar-refractivity contribution in [2.75, 3.05) is 17.7 Å². The van der Waals surface area contributed by atoms with Crippen LogP contribution >= 0.6 is 12.2 Å². The predicted molar refractivity (Wildman–Crippen MR) is 100 cm³/mol. The van der Waals surface area contributed by atoms with Crippen molar-refractivity contribution in [2.24, 2.45) is 0 Å². The number of hydrogen-bond donors (Lipinski definition) is 2. The number of nitrogens with one attached hydrogen (secondary N) is 2. The first-order chi connectivity index (χ1) is 11.3. The maximum Gasteiger partial charge on any atom is 0.311 e. The summed E-state index contributed by atoms with van der Waals surface area (Å²) in [5, 5.41) is 17.7. The van der Waals surface area contributed by atoms with Gasteiger partial charge in [-0.15, -0.1) is 0 Å². The van der Waals surface area contributed by atoms with Gasteiger partial charge in [-0.3, -0.25) is 10.1 Å². The average Bonchev–Trinajstić information content (AvgIpc) is 2.52. The van der Waals surface area contributed by atoms with E-state index in [9.17, 15) is 10.1 Å². The summed E-state index contributed by atoms with van der Waals surface area (Å²) in [6.45, 7) is 5.77. The number of anilines is 2. The molecule has 0 fully saturated rings. The van der Waals surface area contributed by atoms with Gasteiger partial charge in [-0.25, -0.2) is 0 Å². The Morgan fingerprint density at radius 1 is 1.08 bits per heavy atom. The van der Waals surface area contributed by atoms with E-state index in [1.807, 2.05) is 32.0 Å². The zero-order valence-electron chi connectivity index (χ0n) is 14.0. The molecule has 0 heterocycles. The molecule has 2 rings (SSSR count). The second-order valence-corrected chi connectivity index (χ2v) is 5.90. The van der Waals surface area contributed by atoms with Gasteiger partial charge in [-0.1, -0.05) is 12.1 Å². The number of benzene rings is 2. The Morgan fingerprint density at radius 3 is 2.29 bits per heavy atom. The summed E-state index contributed by atoms with van der Waals surface area (Å²) >= 11 is 5.35. The van der Waals surface area contributed by atoms with E-state index in [0.29, 0.717) is 16.4 Å². The molecule has 0 atom stereocenters. The molecule has 126 valence electrons. The number of thiocarbonyl (C=S) groups is 1.